The third-order valence-corrected chi connectivity index (χ3v) is 2.92. The molecule has 4 nitrogen and oxygen atoms in total. The maximum absolute atomic E-state index is 11.9. The number of hydrogen-bond donors (Lipinski definition) is 2. The molecule has 0 atom stereocenters. The number of anilines is 2. The lowest BCUT2D eigenvalue weighted by atomic mass is 10.1. The lowest BCUT2D eigenvalue weighted by Crippen LogP contribution is -2.20. The number of rotatable bonds is 2. The van der Waals surface area contributed by atoms with Crippen LogP contribution in [0.3, 0.4) is 0 Å². The largest absolute Gasteiger partial charge is 0.323 e. The Morgan fingerprint density at radius 1 is 1.05 bits per heavy atom. The van der Waals surface area contributed by atoms with Gasteiger partial charge in [0.1, 0.15) is 0 Å². The van der Waals surface area contributed by atoms with Gasteiger partial charge in [0.15, 0.2) is 0 Å². The number of aryl methyl sites for hydroxylation is 2. The highest BCUT2D eigenvalue weighted by molar-refractivity contribution is 6.00. The van der Waals surface area contributed by atoms with Gasteiger partial charge in [0.25, 0.3) is 0 Å². The van der Waals surface area contributed by atoms with E-state index < -0.39 is 0 Å². The van der Waals surface area contributed by atoms with Crippen molar-refractivity contribution >= 4 is 17.4 Å². The molecular formula is C16H15N3O. The summed E-state index contributed by atoms with van der Waals surface area (Å²) in [5, 5.41) is 14.4. The van der Waals surface area contributed by atoms with Gasteiger partial charge in [-0.05, 0) is 43.7 Å². The highest BCUT2D eigenvalue weighted by Crippen LogP contribution is 2.17. The zero-order valence-corrected chi connectivity index (χ0v) is 11.4. The van der Waals surface area contributed by atoms with Crippen molar-refractivity contribution in [2.45, 2.75) is 13.8 Å². The molecule has 0 radical (unpaired) electrons. The molecule has 100 valence electrons. The Hall–Kier alpha value is -2.80. The first-order valence-electron chi connectivity index (χ1n) is 6.24. The highest BCUT2D eigenvalue weighted by Gasteiger charge is 2.06. The fraction of sp³-hybridized carbons (Fsp3) is 0.125. The number of benzene rings is 2. The van der Waals surface area contributed by atoms with Crippen molar-refractivity contribution in [3.63, 3.8) is 0 Å². The first kappa shape index (κ1) is 13.6. The maximum Gasteiger partial charge on any atom is 0.323 e. The number of nitrogens with zero attached hydrogens (tertiary/aromatic N) is 1. The van der Waals surface area contributed by atoms with E-state index in [0.717, 1.165) is 16.8 Å². The molecule has 0 bridgehead atoms. The van der Waals surface area contributed by atoms with Crippen molar-refractivity contribution in [1.82, 2.24) is 0 Å². The van der Waals surface area contributed by atoms with Crippen LogP contribution in [0, 0.1) is 25.2 Å². The van der Waals surface area contributed by atoms with Crippen LogP contribution in [0.5, 0.6) is 0 Å². The molecule has 0 saturated carbocycles. The average molecular weight is 265 g/mol. The van der Waals surface area contributed by atoms with E-state index in [0.29, 0.717) is 11.3 Å². The van der Waals surface area contributed by atoms with Crippen molar-refractivity contribution in [3.8, 4) is 6.07 Å². The molecule has 2 amide bonds. The van der Waals surface area contributed by atoms with E-state index in [1.165, 1.54) is 0 Å². The van der Waals surface area contributed by atoms with Gasteiger partial charge in [-0.3, -0.25) is 0 Å². The van der Waals surface area contributed by atoms with E-state index in [9.17, 15) is 4.79 Å². The van der Waals surface area contributed by atoms with E-state index in [-0.39, 0.29) is 6.03 Å². The second-order valence-electron chi connectivity index (χ2n) is 4.59. The molecule has 0 unspecified atom stereocenters. The van der Waals surface area contributed by atoms with E-state index in [1.807, 2.05) is 38.1 Å². The number of nitrogens with one attached hydrogen (secondary N) is 2. The Balaban J connectivity index is 2.08. The minimum Gasteiger partial charge on any atom is -0.308 e. The molecule has 0 spiro atoms. The molecule has 0 aliphatic rings. The molecule has 0 heterocycles. The molecule has 0 saturated heterocycles. The molecule has 2 rings (SSSR count). The second-order valence-corrected chi connectivity index (χ2v) is 4.59. The van der Waals surface area contributed by atoms with Crippen molar-refractivity contribution < 1.29 is 4.79 Å². The minimum absolute atomic E-state index is 0.327. The van der Waals surface area contributed by atoms with Crippen molar-refractivity contribution in [1.29, 1.82) is 5.26 Å². The Labute approximate surface area is 118 Å². The smallest absolute Gasteiger partial charge is 0.308 e. The second kappa shape index (κ2) is 5.89. The summed E-state index contributed by atoms with van der Waals surface area (Å²) < 4.78 is 0. The van der Waals surface area contributed by atoms with E-state index in [4.69, 9.17) is 5.26 Å². The minimum atomic E-state index is -0.327. The summed E-state index contributed by atoms with van der Waals surface area (Å²) in [5.74, 6) is 0. The first-order valence-corrected chi connectivity index (χ1v) is 6.24. The van der Waals surface area contributed by atoms with Crippen LogP contribution in [0.25, 0.3) is 0 Å². The fourth-order valence-corrected chi connectivity index (χ4v) is 1.75. The van der Waals surface area contributed by atoms with Crippen molar-refractivity contribution in [2.75, 3.05) is 10.6 Å². The molecule has 2 N–H and O–H groups in total. The standard InChI is InChI=1S/C16H15N3O/c1-11-3-7-14(8-4-11)18-16(20)19-15-9-13(10-17)6-5-12(15)2/h3-9H,1-2H3,(H2,18,19,20). The third-order valence-electron chi connectivity index (χ3n) is 2.92. The molecule has 20 heavy (non-hydrogen) atoms. The molecule has 4 heteroatoms. The van der Waals surface area contributed by atoms with Gasteiger partial charge in [-0.25, -0.2) is 4.79 Å². The van der Waals surface area contributed by atoms with Gasteiger partial charge in [-0.2, -0.15) is 5.26 Å². The molecule has 0 aliphatic heterocycles. The predicted octanol–water partition coefficient (Wildman–Crippen LogP) is 3.82. The number of urea groups is 1. The quantitative estimate of drug-likeness (QED) is 0.866. The number of carbonyl (C=O) groups excluding carboxylic acids is 1. The van der Waals surface area contributed by atoms with Gasteiger partial charge in [-0.1, -0.05) is 23.8 Å². The molecular weight excluding hydrogens is 250 g/mol. The fourth-order valence-electron chi connectivity index (χ4n) is 1.75. The Morgan fingerprint density at radius 2 is 1.75 bits per heavy atom. The summed E-state index contributed by atoms with van der Waals surface area (Å²) in [4.78, 5) is 11.9. The predicted molar refractivity (Wildman–Crippen MR) is 79.7 cm³/mol. The van der Waals surface area contributed by atoms with Crippen LogP contribution in [-0.4, -0.2) is 6.03 Å². The molecule has 0 aromatic heterocycles. The highest BCUT2D eigenvalue weighted by atomic mass is 16.2. The maximum atomic E-state index is 11.9. The van der Waals surface area contributed by atoms with Crippen LogP contribution in [0.15, 0.2) is 42.5 Å². The van der Waals surface area contributed by atoms with Gasteiger partial charge in [0.2, 0.25) is 0 Å². The van der Waals surface area contributed by atoms with Crippen LogP contribution < -0.4 is 10.6 Å². The van der Waals surface area contributed by atoms with Crippen LogP contribution in [-0.2, 0) is 0 Å². The van der Waals surface area contributed by atoms with Gasteiger partial charge in [0, 0.05) is 11.4 Å². The third kappa shape index (κ3) is 3.36. The average Bonchev–Trinajstić information content (AvgIpc) is 2.44. The van der Waals surface area contributed by atoms with E-state index in [2.05, 4.69) is 16.7 Å². The van der Waals surface area contributed by atoms with Crippen LogP contribution in [0.1, 0.15) is 16.7 Å². The van der Waals surface area contributed by atoms with Gasteiger partial charge >= 0.3 is 6.03 Å². The normalized spacial score (nSPS) is 9.65. The summed E-state index contributed by atoms with van der Waals surface area (Å²) in [6.07, 6.45) is 0. The molecule has 2 aromatic carbocycles. The number of hydrogen-bond acceptors (Lipinski definition) is 2. The molecule has 0 aliphatic carbocycles. The van der Waals surface area contributed by atoms with Crippen LogP contribution in [0.4, 0.5) is 16.2 Å². The molecule has 2 aromatic rings. The number of nitriles is 1. The van der Waals surface area contributed by atoms with Crippen molar-refractivity contribution in [2.24, 2.45) is 0 Å². The zero-order chi connectivity index (χ0) is 14.5. The Morgan fingerprint density at radius 3 is 2.40 bits per heavy atom. The lowest BCUT2D eigenvalue weighted by Gasteiger charge is -2.10. The van der Waals surface area contributed by atoms with E-state index in [1.54, 1.807) is 18.2 Å². The van der Waals surface area contributed by atoms with Crippen LogP contribution >= 0.6 is 0 Å². The topological polar surface area (TPSA) is 64.9 Å². The monoisotopic (exact) mass is 265 g/mol. The van der Waals surface area contributed by atoms with Gasteiger partial charge < -0.3 is 10.6 Å². The van der Waals surface area contributed by atoms with Gasteiger partial charge in [0.05, 0.1) is 11.6 Å². The summed E-state index contributed by atoms with van der Waals surface area (Å²) in [6.45, 7) is 3.86. The molecule has 0 fully saturated rings. The lowest BCUT2D eigenvalue weighted by molar-refractivity contribution is 0.262. The Bertz CT molecular complexity index is 669. The SMILES string of the molecule is Cc1ccc(NC(=O)Nc2cc(C#N)ccc2C)cc1. The van der Waals surface area contributed by atoms with Gasteiger partial charge in [-0.15, -0.1) is 0 Å². The first-order chi connectivity index (χ1) is 9.58. The van der Waals surface area contributed by atoms with Crippen LogP contribution in [0.2, 0.25) is 0 Å². The summed E-state index contributed by atoms with van der Waals surface area (Å²) in [6, 6.07) is 14.4. The number of amides is 2. The summed E-state index contributed by atoms with van der Waals surface area (Å²) in [5.41, 5.74) is 3.91. The van der Waals surface area contributed by atoms with E-state index >= 15 is 0 Å². The number of carbonyl (C=O) groups is 1. The summed E-state index contributed by atoms with van der Waals surface area (Å²) >= 11 is 0. The van der Waals surface area contributed by atoms with Crippen molar-refractivity contribution in [3.05, 3.63) is 59.2 Å². The Kier molecular flexibility index (Phi) is 4.02. The summed E-state index contributed by atoms with van der Waals surface area (Å²) in [7, 11) is 0. The zero-order valence-electron chi connectivity index (χ0n) is 11.4.